The fourth-order valence-corrected chi connectivity index (χ4v) is 1.60. The van der Waals surface area contributed by atoms with E-state index in [9.17, 15) is 19.2 Å². The molecule has 130 valence electrons. The van der Waals surface area contributed by atoms with Crippen LogP contribution in [0, 0.1) is 0 Å². The van der Waals surface area contributed by atoms with Gasteiger partial charge in [0.25, 0.3) is 11.8 Å². The van der Waals surface area contributed by atoms with E-state index in [1.54, 1.807) is 0 Å². The van der Waals surface area contributed by atoms with Crippen LogP contribution in [-0.2, 0) is 9.59 Å². The summed E-state index contributed by atoms with van der Waals surface area (Å²) in [5, 5.41) is 39.3. The summed E-state index contributed by atoms with van der Waals surface area (Å²) in [6, 6.07) is -0.707. The number of aliphatic hydroxyl groups is 2. The zero-order chi connectivity index (χ0) is 18.3. The summed E-state index contributed by atoms with van der Waals surface area (Å²) >= 11 is 0. The van der Waals surface area contributed by atoms with Crippen molar-refractivity contribution in [2.75, 3.05) is 13.2 Å². The Morgan fingerprint density at radius 3 is 1.92 bits per heavy atom. The van der Waals surface area contributed by atoms with Crippen LogP contribution >= 0.6 is 0 Å². The normalized spacial score (nSPS) is 12.8. The van der Waals surface area contributed by atoms with Gasteiger partial charge >= 0.3 is 11.9 Å². The second kappa shape index (κ2) is 8.55. The van der Waals surface area contributed by atoms with Gasteiger partial charge in [-0.05, 0) is 12.1 Å². The monoisotopic (exact) mass is 341 g/mol. The van der Waals surface area contributed by atoms with Crippen molar-refractivity contribution in [3.63, 3.8) is 0 Å². The lowest BCUT2D eigenvalue weighted by atomic mass is 10.1. The average molecular weight is 341 g/mol. The first-order valence-electron chi connectivity index (χ1n) is 6.55. The van der Waals surface area contributed by atoms with Gasteiger partial charge in [-0.1, -0.05) is 0 Å². The van der Waals surface area contributed by atoms with Gasteiger partial charge in [0.15, 0.2) is 12.1 Å². The van der Waals surface area contributed by atoms with Crippen LogP contribution in [-0.4, -0.2) is 74.5 Å². The SMILES string of the molecule is O=C(N[C@H](CO)C(=O)O)c1cccnc1C(=O)N[C@@H](CO)C(=O)O. The van der Waals surface area contributed by atoms with E-state index in [2.05, 4.69) is 4.98 Å². The molecule has 1 aromatic rings. The van der Waals surface area contributed by atoms with Crippen LogP contribution in [0.5, 0.6) is 0 Å². The maximum atomic E-state index is 12.1. The molecular weight excluding hydrogens is 326 g/mol. The molecule has 0 aliphatic carbocycles. The van der Waals surface area contributed by atoms with Crippen molar-refractivity contribution >= 4 is 23.8 Å². The molecule has 11 nitrogen and oxygen atoms in total. The van der Waals surface area contributed by atoms with Crippen LogP contribution in [0.2, 0.25) is 0 Å². The number of amides is 2. The number of carboxylic acids is 2. The summed E-state index contributed by atoms with van der Waals surface area (Å²) in [4.78, 5) is 49.4. The van der Waals surface area contributed by atoms with Crippen LogP contribution in [0.4, 0.5) is 0 Å². The molecule has 0 bridgehead atoms. The summed E-state index contributed by atoms with van der Waals surface area (Å²) in [6.07, 6.45) is 1.17. The Morgan fingerprint density at radius 1 is 0.958 bits per heavy atom. The first-order valence-corrected chi connectivity index (χ1v) is 6.55. The number of rotatable bonds is 8. The molecule has 11 heteroatoms. The maximum absolute atomic E-state index is 12.1. The average Bonchev–Trinajstić information content (AvgIpc) is 2.56. The van der Waals surface area contributed by atoms with E-state index in [0.29, 0.717) is 0 Å². The Labute approximate surface area is 134 Å². The molecule has 0 radical (unpaired) electrons. The van der Waals surface area contributed by atoms with Gasteiger partial charge in [0.05, 0.1) is 18.8 Å². The van der Waals surface area contributed by atoms with E-state index in [4.69, 9.17) is 20.4 Å². The Bertz CT molecular complexity index is 593. The minimum Gasteiger partial charge on any atom is -0.480 e. The van der Waals surface area contributed by atoms with Gasteiger partial charge in [0.2, 0.25) is 0 Å². The highest BCUT2D eigenvalue weighted by atomic mass is 16.4. The molecule has 0 spiro atoms. The number of nitrogens with one attached hydrogen (secondary N) is 2. The third-order valence-corrected chi connectivity index (χ3v) is 2.84. The van der Waals surface area contributed by atoms with Crippen molar-refractivity contribution in [3.05, 3.63) is 29.6 Å². The van der Waals surface area contributed by atoms with Gasteiger partial charge < -0.3 is 31.1 Å². The van der Waals surface area contributed by atoms with Gasteiger partial charge in [-0.2, -0.15) is 0 Å². The quantitative estimate of drug-likeness (QED) is 0.295. The van der Waals surface area contributed by atoms with Crippen LogP contribution in [0.15, 0.2) is 18.3 Å². The highest BCUT2D eigenvalue weighted by Crippen LogP contribution is 2.06. The lowest BCUT2D eigenvalue weighted by Gasteiger charge is -2.15. The molecular formula is C13H15N3O8. The fraction of sp³-hybridized carbons (Fsp3) is 0.308. The topological polar surface area (TPSA) is 186 Å². The number of carboxylic acid groups (broad SMARTS) is 2. The van der Waals surface area contributed by atoms with E-state index in [-0.39, 0.29) is 5.56 Å². The third kappa shape index (κ3) is 4.72. The Kier molecular flexibility index (Phi) is 6.77. The summed E-state index contributed by atoms with van der Waals surface area (Å²) in [5.74, 6) is -5.00. The highest BCUT2D eigenvalue weighted by molar-refractivity contribution is 6.07. The molecule has 1 heterocycles. The van der Waals surface area contributed by atoms with Crippen molar-refractivity contribution in [1.82, 2.24) is 15.6 Å². The number of aromatic nitrogens is 1. The molecule has 0 fully saturated rings. The maximum Gasteiger partial charge on any atom is 0.328 e. The van der Waals surface area contributed by atoms with E-state index in [1.165, 1.54) is 18.3 Å². The molecule has 0 unspecified atom stereocenters. The minimum atomic E-state index is -1.60. The van der Waals surface area contributed by atoms with Gasteiger partial charge in [-0.25, -0.2) is 9.59 Å². The van der Waals surface area contributed by atoms with E-state index in [0.717, 1.165) is 0 Å². The van der Waals surface area contributed by atoms with Gasteiger partial charge in [0.1, 0.15) is 5.69 Å². The van der Waals surface area contributed by atoms with Gasteiger partial charge in [0, 0.05) is 6.20 Å². The second-order valence-corrected chi connectivity index (χ2v) is 4.49. The smallest absolute Gasteiger partial charge is 0.328 e. The van der Waals surface area contributed by atoms with Crippen molar-refractivity contribution in [1.29, 1.82) is 0 Å². The van der Waals surface area contributed by atoms with E-state index >= 15 is 0 Å². The number of nitrogens with zero attached hydrogens (tertiary/aromatic N) is 1. The molecule has 6 N–H and O–H groups in total. The first kappa shape index (κ1) is 19.0. The number of aliphatic hydroxyl groups excluding tert-OH is 2. The minimum absolute atomic E-state index is 0.322. The largest absolute Gasteiger partial charge is 0.480 e. The summed E-state index contributed by atoms with van der Waals surface area (Å²) in [5.41, 5.74) is -0.784. The molecule has 24 heavy (non-hydrogen) atoms. The predicted molar refractivity (Wildman–Crippen MR) is 76.2 cm³/mol. The standard InChI is InChI=1S/C13H15N3O8/c17-4-7(12(21)22)15-10(19)6-2-1-3-14-9(6)11(20)16-8(5-18)13(23)24/h1-3,7-8,17-18H,4-5H2,(H,15,19)(H,16,20)(H,21,22)(H,23,24)/t7-,8+/m1/s1. The molecule has 1 aromatic heterocycles. The third-order valence-electron chi connectivity index (χ3n) is 2.84. The van der Waals surface area contributed by atoms with Crippen LogP contribution < -0.4 is 10.6 Å². The van der Waals surface area contributed by atoms with Crippen molar-refractivity contribution in [2.24, 2.45) is 0 Å². The molecule has 0 saturated carbocycles. The summed E-state index contributed by atoms with van der Waals surface area (Å²) in [6.45, 7) is -1.74. The first-order chi connectivity index (χ1) is 11.3. The predicted octanol–water partition coefficient (Wildman–Crippen LogP) is -2.57. The zero-order valence-corrected chi connectivity index (χ0v) is 12.2. The van der Waals surface area contributed by atoms with Crippen LogP contribution in [0.3, 0.4) is 0 Å². The van der Waals surface area contributed by atoms with Crippen molar-refractivity contribution < 1.29 is 39.6 Å². The molecule has 1 rings (SSSR count). The van der Waals surface area contributed by atoms with Crippen LogP contribution in [0.1, 0.15) is 20.8 Å². The van der Waals surface area contributed by atoms with E-state index < -0.39 is 54.7 Å². The summed E-state index contributed by atoms with van der Waals surface area (Å²) in [7, 11) is 0. The Balaban J connectivity index is 3.03. The number of hydrogen-bond donors (Lipinski definition) is 6. The molecule has 0 saturated heterocycles. The van der Waals surface area contributed by atoms with Crippen LogP contribution in [0.25, 0.3) is 0 Å². The molecule has 2 atom stereocenters. The number of pyridine rings is 1. The van der Waals surface area contributed by atoms with Gasteiger partial charge in [-0.15, -0.1) is 0 Å². The Hall–Kier alpha value is -3.05. The molecule has 0 aliphatic heterocycles. The number of carbonyl (C=O) groups excluding carboxylic acids is 2. The lowest BCUT2D eigenvalue weighted by molar-refractivity contribution is -0.141. The number of aliphatic carboxylic acids is 2. The molecule has 0 aromatic carbocycles. The summed E-state index contributed by atoms with van der Waals surface area (Å²) < 4.78 is 0. The molecule has 2 amide bonds. The molecule has 0 aliphatic rings. The number of carbonyl (C=O) groups is 4. The zero-order valence-electron chi connectivity index (χ0n) is 12.2. The highest BCUT2D eigenvalue weighted by Gasteiger charge is 2.26. The van der Waals surface area contributed by atoms with Crippen molar-refractivity contribution in [3.8, 4) is 0 Å². The fourth-order valence-electron chi connectivity index (χ4n) is 1.60. The second-order valence-electron chi connectivity index (χ2n) is 4.49. The lowest BCUT2D eigenvalue weighted by Crippen LogP contribution is -2.46. The van der Waals surface area contributed by atoms with Crippen molar-refractivity contribution in [2.45, 2.75) is 12.1 Å². The van der Waals surface area contributed by atoms with E-state index in [1.807, 2.05) is 10.6 Å². The van der Waals surface area contributed by atoms with Gasteiger partial charge in [-0.3, -0.25) is 14.6 Å². The Morgan fingerprint density at radius 2 is 1.46 bits per heavy atom. The number of hydrogen-bond acceptors (Lipinski definition) is 7.